The minimum Gasteiger partial charge on any atom is -0.481 e. The van der Waals surface area contributed by atoms with Gasteiger partial charge in [-0.3, -0.25) is 14.6 Å². The Kier molecular flexibility index (Phi) is 8.27. The number of carbonyl (C=O) groups is 2. The van der Waals surface area contributed by atoms with Gasteiger partial charge in [0.1, 0.15) is 0 Å². The van der Waals surface area contributed by atoms with Crippen molar-refractivity contribution in [1.82, 2.24) is 4.98 Å². The third-order valence-electron chi connectivity index (χ3n) is 6.23. The Bertz CT molecular complexity index is 1310. The molecule has 0 unspecified atom stereocenters. The van der Waals surface area contributed by atoms with Crippen LogP contribution in [0.3, 0.4) is 0 Å². The number of halogens is 1. The molecule has 4 aromatic rings. The van der Waals surface area contributed by atoms with Crippen LogP contribution < -0.4 is 0 Å². The zero-order valence-electron chi connectivity index (χ0n) is 19.5. The first kappa shape index (κ1) is 24.6. The third-order valence-corrected chi connectivity index (χ3v) is 6.48. The topological polar surface area (TPSA) is 67.3 Å². The molecule has 0 saturated carbocycles. The highest BCUT2D eigenvalue weighted by Crippen LogP contribution is 2.24. The van der Waals surface area contributed by atoms with Crippen molar-refractivity contribution in [3.05, 3.63) is 112 Å². The number of carboxylic acids is 1. The molecule has 5 heteroatoms. The number of hydrogen-bond donors (Lipinski definition) is 1. The number of ketones is 1. The molecule has 0 bridgehead atoms. The normalized spacial score (nSPS) is 11.0. The van der Waals surface area contributed by atoms with Crippen molar-refractivity contribution in [2.75, 3.05) is 0 Å². The van der Waals surface area contributed by atoms with Crippen molar-refractivity contribution in [3.8, 4) is 0 Å². The maximum absolute atomic E-state index is 12.6. The van der Waals surface area contributed by atoms with E-state index in [1.807, 2.05) is 66.9 Å². The van der Waals surface area contributed by atoms with E-state index in [1.54, 1.807) is 0 Å². The molecule has 0 aliphatic carbocycles. The Labute approximate surface area is 210 Å². The number of aryl methyl sites for hydroxylation is 2. The second kappa shape index (κ2) is 11.8. The van der Waals surface area contributed by atoms with Gasteiger partial charge in [-0.1, -0.05) is 72.3 Å². The summed E-state index contributed by atoms with van der Waals surface area (Å²) in [5, 5.41) is 11.9. The van der Waals surface area contributed by atoms with Crippen LogP contribution in [-0.4, -0.2) is 21.8 Å². The summed E-state index contributed by atoms with van der Waals surface area (Å²) in [7, 11) is 0. The SMILES string of the molecule is O=C(O)CCCc1cnc(Cc2ccc(C(=O)CCCc3ccc(Cl)cc3)cc2)c2ccccc12. The monoisotopic (exact) mass is 485 g/mol. The maximum Gasteiger partial charge on any atom is 0.303 e. The van der Waals surface area contributed by atoms with Crippen molar-refractivity contribution in [2.24, 2.45) is 0 Å². The van der Waals surface area contributed by atoms with E-state index in [0.29, 0.717) is 25.7 Å². The van der Waals surface area contributed by atoms with Crippen LogP contribution in [0.5, 0.6) is 0 Å². The first-order valence-electron chi connectivity index (χ1n) is 11.9. The fraction of sp³-hybridized carbons (Fsp3) is 0.233. The number of aliphatic carboxylic acids is 1. The van der Waals surface area contributed by atoms with Crippen LogP contribution in [0.25, 0.3) is 10.8 Å². The van der Waals surface area contributed by atoms with Crippen molar-refractivity contribution in [2.45, 2.75) is 44.9 Å². The Morgan fingerprint density at radius 3 is 2.14 bits per heavy atom. The van der Waals surface area contributed by atoms with Crippen LogP contribution in [0.4, 0.5) is 0 Å². The lowest BCUT2D eigenvalue weighted by atomic mass is 9.97. The van der Waals surface area contributed by atoms with Crippen molar-refractivity contribution in [1.29, 1.82) is 0 Å². The summed E-state index contributed by atoms with van der Waals surface area (Å²) in [6.07, 6.45) is 6.15. The number of fused-ring (bicyclic) bond motifs is 1. The zero-order chi connectivity index (χ0) is 24.6. The van der Waals surface area contributed by atoms with E-state index >= 15 is 0 Å². The molecule has 35 heavy (non-hydrogen) atoms. The van der Waals surface area contributed by atoms with E-state index < -0.39 is 5.97 Å². The van der Waals surface area contributed by atoms with Crippen LogP contribution in [0.2, 0.25) is 5.02 Å². The molecule has 0 atom stereocenters. The van der Waals surface area contributed by atoms with Crippen molar-refractivity contribution in [3.63, 3.8) is 0 Å². The van der Waals surface area contributed by atoms with Gasteiger partial charge < -0.3 is 5.11 Å². The Hall–Kier alpha value is -3.50. The number of benzene rings is 3. The van der Waals surface area contributed by atoms with Gasteiger partial charge in [0.05, 0.1) is 5.69 Å². The lowest BCUT2D eigenvalue weighted by Gasteiger charge is -2.11. The minimum absolute atomic E-state index is 0.153. The van der Waals surface area contributed by atoms with Gasteiger partial charge in [-0.15, -0.1) is 0 Å². The highest BCUT2D eigenvalue weighted by Gasteiger charge is 2.10. The quantitative estimate of drug-likeness (QED) is 0.230. The van der Waals surface area contributed by atoms with E-state index in [4.69, 9.17) is 21.7 Å². The first-order chi connectivity index (χ1) is 17.0. The molecule has 0 radical (unpaired) electrons. The fourth-order valence-corrected chi connectivity index (χ4v) is 4.46. The number of Topliss-reactive ketones (excluding diaryl/α,β-unsaturated/α-hetero) is 1. The highest BCUT2D eigenvalue weighted by molar-refractivity contribution is 6.30. The first-order valence-corrected chi connectivity index (χ1v) is 12.3. The van der Waals surface area contributed by atoms with E-state index in [0.717, 1.165) is 51.0 Å². The highest BCUT2D eigenvalue weighted by atomic mass is 35.5. The summed E-state index contributed by atoms with van der Waals surface area (Å²) < 4.78 is 0. The molecule has 0 amide bonds. The maximum atomic E-state index is 12.6. The predicted octanol–water partition coefficient (Wildman–Crippen LogP) is 7.09. The van der Waals surface area contributed by atoms with E-state index in [1.165, 1.54) is 5.56 Å². The lowest BCUT2D eigenvalue weighted by molar-refractivity contribution is -0.137. The summed E-state index contributed by atoms with van der Waals surface area (Å²) in [5.74, 6) is -0.623. The summed E-state index contributed by atoms with van der Waals surface area (Å²) in [4.78, 5) is 28.2. The van der Waals surface area contributed by atoms with E-state index in [-0.39, 0.29) is 12.2 Å². The minimum atomic E-state index is -0.776. The summed E-state index contributed by atoms with van der Waals surface area (Å²) in [6, 6.07) is 23.7. The van der Waals surface area contributed by atoms with Crippen molar-refractivity contribution >= 4 is 34.1 Å². The van der Waals surface area contributed by atoms with Gasteiger partial charge in [0, 0.05) is 41.4 Å². The van der Waals surface area contributed by atoms with Gasteiger partial charge in [0.2, 0.25) is 0 Å². The van der Waals surface area contributed by atoms with Gasteiger partial charge in [-0.05, 0) is 59.9 Å². The molecule has 1 N–H and O–H groups in total. The molecule has 178 valence electrons. The van der Waals surface area contributed by atoms with Gasteiger partial charge in [0.25, 0.3) is 0 Å². The van der Waals surface area contributed by atoms with Gasteiger partial charge in [-0.2, -0.15) is 0 Å². The average Bonchev–Trinajstić information content (AvgIpc) is 2.86. The third kappa shape index (κ3) is 6.77. The number of nitrogens with zero attached hydrogens (tertiary/aromatic N) is 1. The molecule has 3 aromatic carbocycles. The molecule has 4 nitrogen and oxygen atoms in total. The molecule has 0 spiro atoms. The van der Waals surface area contributed by atoms with Crippen LogP contribution >= 0.6 is 11.6 Å². The molecular formula is C30H28ClNO3. The zero-order valence-corrected chi connectivity index (χ0v) is 20.3. The summed E-state index contributed by atoms with van der Waals surface area (Å²) in [5.41, 5.74) is 5.07. The van der Waals surface area contributed by atoms with Gasteiger partial charge in [0.15, 0.2) is 5.78 Å². The smallest absolute Gasteiger partial charge is 0.303 e. The molecule has 0 aliphatic rings. The standard InChI is InChI=1S/C30H28ClNO3/c31-25-17-13-21(14-18-25)5-3-9-29(33)23-15-11-22(12-16-23)19-28-27-8-2-1-7-26(27)24(20-32-28)6-4-10-30(34)35/h1-2,7-8,11-18,20H,3-6,9-10,19H2,(H,34,35). The largest absolute Gasteiger partial charge is 0.481 e. The fourth-order valence-electron chi connectivity index (χ4n) is 4.33. The lowest BCUT2D eigenvalue weighted by Crippen LogP contribution is -2.02. The molecule has 0 aliphatic heterocycles. The van der Waals surface area contributed by atoms with Crippen molar-refractivity contribution < 1.29 is 14.7 Å². The van der Waals surface area contributed by atoms with Gasteiger partial charge in [-0.25, -0.2) is 0 Å². The van der Waals surface area contributed by atoms with Crippen LogP contribution in [-0.2, 0) is 24.1 Å². The predicted molar refractivity (Wildman–Crippen MR) is 140 cm³/mol. The molecular weight excluding hydrogens is 458 g/mol. The number of pyridine rings is 1. The Morgan fingerprint density at radius 1 is 0.771 bits per heavy atom. The Morgan fingerprint density at radius 2 is 1.43 bits per heavy atom. The van der Waals surface area contributed by atoms with Crippen LogP contribution in [0.15, 0.2) is 79.0 Å². The molecule has 1 aromatic heterocycles. The van der Waals surface area contributed by atoms with Gasteiger partial charge >= 0.3 is 5.97 Å². The Balaban J connectivity index is 1.39. The molecule has 0 saturated heterocycles. The van der Waals surface area contributed by atoms with E-state index in [2.05, 4.69) is 12.1 Å². The van der Waals surface area contributed by atoms with E-state index in [9.17, 15) is 9.59 Å². The number of aromatic nitrogens is 1. The molecule has 4 rings (SSSR count). The summed E-state index contributed by atoms with van der Waals surface area (Å²) in [6.45, 7) is 0. The molecule has 1 heterocycles. The summed E-state index contributed by atoms with van der Waals surface area (Å²) >= 11 is 5.93. The van der Waals surface area contributed by atoms with Crippen LogP contribution in [0.1, 0.15) is 58.4 Å². The van der Waals surface area contributed by atoms with Crippen LogP contribution in [0, 0.1) is 0 Å². The second-order valence-corrected chi connectivity index (χ2v) is 9.24. The number of hydrogen-bond acceptors (Lipinski definition) is 3. The number of carboxylic acid groups (broad SMARTS) is 1. The number of rotatable bonds is 11. The average molecular weight is 486 g/mol. The number of carbonyl (C=O) groups excluding carboxylic acids is 1. The molecule has 0 fully saturated rings. The second-order valence-electron chi connectivity index (χ2n) is 8.80.